The van der Waals surface area contributed by atoms with E-state index in [4.69, 9.17) is 22.6 Å². The molecule has 0 heterocycles. The van der Waals surface area contributed by atoms with Crippen LogP contribution in [0.3, 0.4) is 0 Å². The van der Waals surface area contributed by atoms with Crippen LogP contribution in [0.15, 0.2) is 86.8 Å². The highest BCUT2D eigenvalue weighted by molar-refractivity contribution is 9.12. The van der Waals surface area contributed by atoms with Crippen molar-refractivity contribution in [3.05, 3.63) is 104 Å². The third-order valence-electron chi connectivity index (χ3n) is 8.40. The lowest BCUT2D eigenvalue weighted by molar-refractivity contribution is -0.001000. The van der Waals surface area contributed by atoms with E-state index in [0.717, 1.165) is 17.1 Å². The van der Waals surface area contributed by atoms with E-state index in [1.807, 2.05) is 69.7 Å². The maximum absolute atomic E-state index is 12.9. The average molecular weight is 904 g/mol. The number of nitrogens with one attached hydrogen (secondary N) is 2. The van der Waals surface area contributed by atoms with Crippen LogP contribution in [0.4, 0.5) is 39.8 Å². The number of aliphatic imine (C=N–C) groups is 1. The Balaban J connectivity index is 0.000000280. The number of anilines is 4. The third-order valence-corrected chi connectivity index (χ3v) is 9.63. The van der Waals surface area contributed by atoms with Crippen molar-refractivity contribution in [1.29, 1.82) is 5.41 Å². The Bertz CT molecular complexity index is 2290. The SMILES string of the molecule is C[N+](C)(C)c1cccc(N=C2C=C(N)c3c(O)c(Br)cc(N)c3C2=O)c1.C[N+](C)(C)c1cccc(Nc2cc(N)c3c(c2O)C(=N)C(Br)=CC3=O)c1.[Cl-].[Cl-]. The summed E-state index contributed by atoms with van der Waals surface area (Å²) in [6, 6.07) is 18.4. The van der Waals surface area contributed by atoms with Gasteiger partial charge in [0.1, 0.15) is 28.6 Å². The molecule has 0 radical (unpaired) electrons. The summed E-state index contributed by atoms with van der Waals surface area (Å²) in [5.41, 5.74) is 23.6. The van der Waals surface area contributed by atoms with Crippen molar-refractivity contribution in [2.75, 3.05) is 59.1 Å². The van der Waals surface area contributed by atoms with E-state index in [2.05, 4.69) is 63.3 Å². The highest BCUT2D eigenvalue weighted by atomic mass is 79.9. The largest absolute Gasteiger partial charge is 1.00 e. The lowest BCUT2D eigenvalue weighted by Gasteiger charge is -2.24. The molecule has 0 bridgehead atoms. The van der Waals surface area contributed by atoms with Gasteiger partial charge in [0.25, 0.3) is 0 Å². The molecule has 54 heavy (non-hydrogen) atoms. The molecule has 0 atom stereocenters. The van der Waals surface area contributed by atoms with Crippen LogP contribution in [0.2, 0.25) is 0 Å². The molecule has 0 spiro atoms. The summed E-state index contributed by atoms with van der Waals surface area (Å²) in [6.45, 7) is 0. The van der Waals surface area contributed by atoms with E-state index in [9.17, 15) is 19.8 Å². The Morgan fingerprint density at radius 2 is 1.30 bits per heavy atom. The number of nitrogens with zero attached hydrogens (tertiary/aromatic N) is 3. The number of nitrogen functional groups attached to an aromatic ring is 2. The number of aromatic hydroxyl groups is 2. The van der Waals surface area contributed by atoms with Crippen LogP contribution in [0, 0.1) is 5.41 Å². The molecule has 0 saturated heterocycles. The van der Waals surface area contributed by atoms with E-state index in [0.29, 0.717) is 29.3 Å². The lowest BCUT2D eigenvalue weighted by atomic mass is 9.90. The quantitative estimate of drug-likeness (QED) is 0.0665. The molecular weight excluding hydrogens is 863 g/mol. The summed E-state index contributed by atoms with van der Waals surface area (Å²) < 4.78 is 1.97. The Morgan fingerprint density at radius 3 is 1.91 bits per heavy atom. The first kappa shape index (κ1) is 43.7. The molecule has 16 heteroatoms. The van der Waals surface area contributed by atoms with Crippen LogP contribution < -0.4 is 56.3 Å². The molecule has 0 amide bonds. The number of quaternary nitrogens is 2. The van der Waals surface area contributed by atoms with Crippen LogP contribution >= 0.6 is 31.9 Å². The zero-order valence-electron chi connectivity index (χ0n) is 30.2. The van der Waals surface area contributed by atoms with E-state index >= 15 is 0 Å². The van der Waals surface area contributed by atoms with Crippen LogP contribution in [0.1, 0.15) is 31.8 Å². The van der Waals surface area contributed by atoms with Gasteiger partial charge in [0.15, 0.2) is 5.78 Å². The second kappa shape index (κ2) is 16.3. The highest BCUT2D eigenvalue weighted by Gasteiger charge is 2.31. The predicted octanol–water partition coefficient (Wildman–Crippen LogP) is 0.968. The zero-order valence-corrected chi connectivity index (χ0v) is 34.9. The first-order chi connectivity index (χ1) is 24.2. The van der Waals surface area contributed by atoms with Gasteiger partial charge in [-0.25, -0.2) is 4.99 Å². The fourth-order valence-electron chi connectivity index (χ4n) is 5.63. The van der Waals surface area contributed by atoms with Gasteiger partial charge in [-0.3, -0.25) is 24.0 Å². The lowest BCUT2D eigenvalue weighted by Crippen LogP contribution is -3.00. The second-order valence-corrected chi connectivity index (χ2v) is 15.7. The maximum Gasteiger partial charge on any atom is 0.214 e. The molecule has 0 aliphatic heterocycles. The van der Waals surface area contributed by atoms with Gasteiger partial charge in [-0.15, -0.1) is 0 Å². The number of phenolic OH excluding ortho intramolecular Hbond substituents is 2. The molecule has 0 aromatic heterocycles. The zero-order chi connectivity index (χ0) is 38.4. The van der Waals surface area contributed by atoms with Crippen molar-refractivity contribution in [2.45, 2.75) is 0 Å². The van der Waals surface area contributed by atoms with E-state index in [1.165, 1.54) is 24.3 Å². The number of nitrogens with two attached hydrogens (primary N) is 3. The summed E-state index contributed by atoms with van der Waals surface area (Å²) in [5, 5.41) is 32.3. The van der Waals surface area contributed by atoms with Crippen molar-refractivity contribution in [2.24, 2.45) is 10.7 Å². The summed E-state index contributed by atoms with van der Waals surface area (Å²) in [4.78, 5) is 29.6. The second-order valence-electron chi connectivity index (χ2n) is 14.0. The number of carbonyl (C=O) groups is 2. The number of rotatable bonds is 5. The number of ketones is 2. The summed E-state index contributed by atoms with van der Waals surface area (Å²) in [5.74, 6) is -0.991. The number of allylic oxidation sites excluding steroid dienone is 3. The average Bonchev–Trinajstić information content (AvgIpc) is 3.05. The van der Waals surface area contributed by atoms with Crippen LogP contribution in [0.25, 0.3) is 5.70 Å². The molecule has 0 unspecified atom stereocenters. The minimum absolute atomic E-state index is 0. The molecular formula is C38H40Br2Cl2N8O4. The Kier molecular flexibility index (Phi) is 13.2. The molecule has 0 saturated carbocycles. The van der Waals surface area contributed by atoms with Gasteiger partial charge < -0.3 is 57.5 Å². The van der Waals surface area contributed by atoms with Crippen molar-refractivity contribution < 1.29 is 44.6 Å². The Morgan fingerprint density at radius 1 is 0.722 bits per heavy atom. The van der Waals surface area contributed by atoms with E-state index in [1.54, 1.807) is 0 Å². The van der Waals surface area contributed by atoms with Gasteiger partial charge in [-0.05, 0) is 74.3 Å². The summed E-state index contributed by atoms with van der Waals surface area (Å²) in [7, 11) is 12.3. The summed E-state index contributed by atoms with van der Waals surface area (Å²) >= 11 is 6.40. The fraction of sp³-hybridized carbons (Fsp3) is 0.158. The molecule has 4 aromatic carbocycles. The molecule has 4 aromatic rings. The van der Waals surface area contributed by atoms with Crippen molar-refractivity contribution in [3.8, 4) is 11.5 Å². The maximum atomic E-state index is 12.9. The fourth-order valence-corrected chi connectivity index (χ4v) is 6.48. The molecule has 6 rings (SSSR count). The Labute approximate surface area is 342 Å². The van der Waals surface area contributed by atoms with Gasteiger partial charge in [0.2, 0.25) is 5.78 Å². The van der Waals surface area contributed by atoms with Gasteiger partial charge in [-0.1, -0.05) is 12.1 Å². The smallest absolute Gasteiger partial charge is 0.214 e. The number of fused-ring (bicyclic) bond motifs is 2. The normalized spacial score (nSPS) is 14.4. The van der Waals surface area contributed by atoms with Crippen LogP contribution in [-0.4, -0.2) is 75.5 Å². The van der Waals surface area contributed by atoms with E-state index in [-0.39, 0.29) is 98.6 Å². The van der Waals surface area contributed by atoms with Crippen molar-refractivity contribution in [3.63, 3.8) is 0 Å². The number of halogens is 4. The molecule has 0 fully saturated rings. The van der Waals surface area contributed by atoms with Gasteiger partial charge in [0.05, 0.1) is 86.1 Å². The monoisotopic (exact) mass is 900 g/mol. The minimum atomic E-state index is -0.370. The van der Waals surface area contributed by atoms with Gasteiger partial charge in [0, 0.05) is 45.5 Å². The molecule has 2 aliphatic rings. The Hall–Kier alpha value is -4.70. The van der Waals surface area contributed by atoms with Gasteiger partial charge >= 0.3 is 0 Å². The number of benzene rings is 4. The summed E-state index contributed by atoms with van der Waals surface area (Å²) in [6.07, 6.45) is 2.76. The molecule has 284 valence electrons. The topological polar surface area (TPSA) is 201 Å². The predicted molar refractivity (Wildman–Crippen MR) is 220 cm³/mol. The first-order valence-corrected chi connectivity index (χ1v) is 17.5. The van der Waals surface area contributed by atoms with E-state index < -0.39 is 0 Å². The van der Waals surface area contributed by atoms with Crippen molar-refractivity contribution in [1.82, 2.24) is 8.97 Å². The van der Waals surface area contributed by atoms with Gasteiger partial charge in [-0.2, -0.15) is 0 Å². The van der Waals surface area contributed by atoms with Crippen molar-refractivity contribution >= 4 is 100 Å². The number of Topliss-reactive ketones (excluding diaryl/α,β-unsaturated/α-hetero) is 1. The molecule has 2 aliphatic carbocycles. The number of phenols is 2. The number of carbonyl (C=O) groups excluding carboxylic acids is 2. The van der Waals surface area contributed by atoms with Crippen LogP contribution in [-0.2, 0) is 0 Å². The standard InChI is InChI=1S/2C19H19BrN4O2.2ClH/c1-24(2,3)11-6-4-5-10(7-11)23-14-9-13(21)16-15(25)8-12(20)18(22)17(16)19(14)26;1-24(2,3)11-6-4-5-10(7-11)23-15-9-14(22)16-17(19(15)26)13(21)8-12(20)18(16)25;;/h2*4-9H,1-3H3,(H4-,21,22,23,25,26);2*1H. The first-order valence-electron chi connectivity index (χ1n) is 15.9. The highest BCUT2D eigenvalue weighted by Crippen LogP contribution is 2.42. The molecule has 10 N–H and O–H groups in total. The van der Waals surface area contributed by atoms with Crippen LogP contribution in [0.5, 0.6) is 11.5 Å². The minimum Gasteiger partial charge on any atom is -1.00 e. The third kappa shape index (κ3) is 8.81. The number of hydrogen-bond donors (Lipinski definition) is 7. The number of hydrogen-bond acceptors (Lipinski definition) is 10. The molecule has 12 nitrogen and oxygen atoms in total.